The molecule has 0 radical (unpaired) electrons. The van der Waals surface area contributed by atoms with Crippen LogP contribution in [0.4, 0.5) is 22.7 Å². The quantitative estimate of drug-likeness (QED) is 0.416. The summed E-state index contributed by atoms with van der Waals surface area (Å²) in [5.41, 5.74) is 4.93. The Bertz CT molecular complexity index is 693. The van der Waals surface area contributed by atoms with Crippen molar-refractivity contribution in [3.63, 3.8) is 0 Å². The van der Waals surface area contributed by atoms with Gasteiger partial charge in [0.2, 0.25) is 0 Å². The van der Waals surface area contributed by atoms with Crippen molar-refractivity contribution in [1.82, 2.24) is 5.53 Å². The molecule has 0 aromatic heterocycles. The monoisotopic (exact) mass is 304 g/mol. The van der Waals surface area contributed by atoms with Crippen LogP contribution >= 0.6 is 0 Å². The topological polar surface area (TPSA) is 140 Å². The van der Waals surface area contributed by atoms with Crippen LogP contribution in [0.25, 0.3) is 0 Å². The van der Waals surface area contributed by atoms with E-state index in [4.69, 9.17) is 5.84 Å². The Morgan fingerprint density at radius 3 is 2.27 bits per heavy atom. The van der Waals surface area contributed by atoms with Crippen LogP contribution in [-0.4, -0.2) is 9.85 Å². The number of para-hydroxylation sites is 1. The standard InChI is InChI=1S/C12H12N6O4/c13-16(9-4-2-1-3-5-9)15-14-11-7-6-10(17(19)20)8-12(11)18(21)22/h1-8,14-15H,13H2. The Morgan fingerprint density at radius 1 is 1.00 bits per heavy atom. The van der Waals surface area contributed by atoms with E-state index in [2.05, 4.69) is 11.0 Å². The smallest absolute Gasteiger partial charge is 0.296 e. The number of hydrazine groups is 3. The molecular formula is C12H12N6O4. The summed E-state index contributed by atoms with van der Waals surface area (Å²) in [5, 5.41) is 22.8. The zero-order valence-electron chi connectivity index (χ0n) is 11.2. The van der Waals surface area contributed by atoms with E-state index >= 15 is 0 Å². The zero-order valence-corrected chi connectivity index (χ0v) is 11.2. The Kier molecular flexibility index (Phi) is 4.46. The van der Waals surface area contributed by atoms with Crippen molar-refractivity contribution in [2.24, 2.45) is 5.84 Å². The van der Waals surface area contributed by atoms with Gasteiger partial charge in [0.15, 0.2) is 0 Å². The number of nitro benzene ring substituents is 2. The largest absolute Gasteiger partial charge is 0.300 e. The minimum absolute atomic E-state index is 0.0435. The molecule has 0 amide bonds. The molecule has 2 aromatic carbocycles. The molecule has 0 saturated heterocycles. The number of hydrogen-bond acceptors (Lipinski definition) is 8. The van der Waals surface area contributed by atoms with E-state index in [0.29, 0.717) is 5.69 Å². The van der Waals surface area contributed by atoms with E-state index < -0.39 is 15.5 Å². The summed E-state index contributed by atoms with van der Waals surface area (Å²) in [4.78, 5) is 20.2. The lowest BCUT2D eigenvalue weighted by Crippen LogP contribution is -2.47. The van der Waals surface area contributed by atoms with Gasteiger partial charge in [0.25, 0.3) is 5.69 Å². The van der Waals surface area contributed by atoms with Crippen LogP contribution in [0.1, 0.15) is 0 Å². The molecule has 10 heteroatoms. The summed E-state index contributed by atoms with van der Waals surface area (Å²) < 4.78 is 0. The molecule has 4 N–H and O–H groups in total. The number of non-ortho nitro benzene ring substituents is 1. The molecule has 22 heavy (non-hydrogen) atoms. The molecule has 2 aromatic rings. The number of nitrogens with two attached hydrogens (primary N) is 1. The number of nitro groups is 2. The summed E-state index contributed by atoms with van der Waals surface area (Å²) in [7, 11) is 0. The molecule has 0 unspecified atom stereocenters. The summed E-state index contributed by atoms with van der Waals surface area (Å²) in [6.07, 6.45) is 0. The highest BCUT2D eigenvalue weighted by atomic mass is 16.6. The third-order valence-electron chi connectivity index (χ3n) is 2.73. The third kappa shape index (κ3) is 3.45. The number of benzene rings is 2. The minimum atomic E-state index is -0.722. The average Bonchev–Trinajstić information content (AvgIpc) is 2.53. The van der Waals surface area contributed by atoms with Crippen LogP contribution in [0.3, 0.4) is 0 Å². The molecule has 0 aliphatic heterocycles. The Hall–Kier alpha value is -3.24. The first-order valence-corrected chi connectivity index (χ1v) is 6.03. The fourth-order valence-electron chi connectivity index (χ4n) is 1.66. The molecule has 0 heterocycles. The maximum atomic E-state index is 11.0. The van der Waals surface area contributed by atoms with Gasteiger partial charge in [0.1, 0.15) is 5.69 Å². The maximum absolute atomic E-state index is 11.0. The third-order valence-corrected chi connectivity index (χ3v) is 2.73. The number of anilines is 2. The minimum Gasteiger partial charge on any atom is -0.296 e. The highest BCUT2D eigenvalue weighted by Crippen LogP contribution is 2.28. The van der Waals surface area contributed by atoms with E-state index in [1.54, 1.807) is 24.3 Å². The Labute approximate surface area is 124 Å². The van der Waals surface area contributed by atoms with Gasteiger partial charge < -0.3 is 0 Å². The number of rotatable bonds is 6. The van der Waals surface area contributed by atoms with Crippen LogP contribution in [0.5, 0.6) is 0 Å². The van der Waals surface area contributed by atoms with Crippen molar-refractivity contribution in [3.8, 4) is 0 Å². The van der Waals surface area contributed by atoms with E-state index in [1.807, 2.05) is 6.07 Å². The molecule has 0 atom stereocenters. The maximum Gasteiger partial charge on any atom is 0.300 e. The molecular weight excluding hydrogens is 292 g/mol. The number of nitrogens with zero attached hydrogens (tertiary/aromatic N) is 3. The highest BCUT2D eigenvalue weighted by Gasteiger charge is 2.19. The van der Waals surface area contributed by atoms with Crippen molar-refractivity contribution >= 4 is 22.7 Å². The van der Waals surface area contributed by atoms with Gasteiger partial charge in [-0.3, -0.25) is 25.7 Å². The van der Waals surface area contributed by atoms with Gasteiger partial charge in [-0.15, -0.1) is 5.53 Å². The van der Waals surface area contributed by atoms with Crippen LogP contribution in [0.2, 0.25) is 0 Å². The summed E-state index contributed by atoms with van der Waals surface area (Å²) in [6, 6.07) is 12.0. The van der Waals surface area contributed by atoms with Gasteiger partial charge in [-0.1, -0.05) is 18.2 Å². The molecule has 0 saturated carbocycles. The van der Waals surface area contributed by atoms with Crippen LogP contribution < -0.4 is 21.9 Å². The van der Waals surface area contributed by atoms with E-state index in [9.17, 15) is 20.2 Å². The summed E-state index contributed by atoms with van der Waals surface area (Å²) >= 11 is 0. The second-order valence-electron chi connectivity index (χ2n) is 4.16. The van der Waals surface area contributed by atoms with Crippen LogP contribution in [-0.2, 0) is 0 Å². The first-order chi connectivity index (χ1) is 10.5. The average molecular weight is 304 g/mol. The SMILES string of the molecule is NN(NNc1ccc([N+](=O)[O-])cc1[N+](=O)[O-])c1ccccc1. The Balaban J connectivity index is 2.15. The fraction of sp³-hybridized carbons (Fsp3) is 0. The lowest BCUT2D eigenvalue weighted by Gasteiger charge is -2.20. The number of nitrogens with one attached hydrogen (secondary N) is 2. The van der Waals surface area contributed by atoms with Gasteiger partial charge in [0.05, 0.1) is 21.6 Å². The molecule has 0 spiro atoms. The fourth-order valence-corrected chi connectivity index (χ4v) is 1.66. The Morgan fingerprint density at radius 2 is 1.68 bits per heavy atom. The highest BCUT2D eigenvalue weighted by molar-refractivity contribution is 5.65. The van der Waals surface area contributed by atoms with Crippen molar-refractivity contribution in [1.29, 1.82) is 0 Å². The molecule has 0 aliphatic rings. The van der Waals surface area contributed by atoms with Gasteiger partial charge in [0, 0.05) is 6.07 Å². The van der Waals surface area contributed by atoms with Crippen molar-refractivity contribution < 1.29 is 9.85 Å². The lowest BCUT2D eigenvalue weighted by atomic mass is 10.2. The van der Waals surface area contributed by atoms with Gasteiger partial charge in [-0.25, -0.2) is 11.0 Å². The first kappa shape index (κ1) is 15.2. The second kappa shape index (κ2) is 6.47. The zero-order chi connectivity index (χ0) is 16.1. The number of hydrogen-bond donors (Lipinski definition) is 3. The van der Waals surface area contributed by atoms with Gasteiger partial charge >= 0.3 is 5.69 Å². The molecule has 0 fully saturated rings. The second-order valence-corrected chi connectivity index (χ2v) is 4.16. The molecule has 2 rings (SSSR count). The predicted octanol–water partition coefficient (Wildman–Crippen LogP) is 1.71. The van der Waals surface area contributed by atoms with Crippen LogP contribution in [0, 0.1) is 20.2 Å². The van der Waals surface area contributed by atoms with E-state index in [1.165, 1.54) is 6.07 Å². The van der Waals surface area contributed by atoms with E-state index in [-0.39, 0.29) is 11.4 Å². The molecule has 0 bridgehead atoms. The molecule has 0 aliphatic carbocycles. The molecule has 10 nitrogen and oxygen atoms in total. The first-order valence-electron chi connectivity index (χ1n) is 6.03. The van der Waals surface area contributed by atoms with Crippen molar-refractivity contribution in [3.05, 3.63) is 68.8 Å². The predicted molar refractivity (Wildman–Crippen MR) is 79.6 cm³/mol. The van der Waals surface area contributed by atoms with Crippen LogP contribution in [0.15, 0.2) is 48.5 Å². The molecule has 114 valence electrons. The summed E-state index contributed by atoms with van der Waals surface area (Å²) in [5.74, 6) is 5.73. The van der Waals surface area contributed by atoms with E-state index in [0.717, 1.165) is 17.3 Å². The van der Waals surface area contributed by atoms with Gasteiger partial charge in [-0.2, -0.15) is 0 Å². The summed E-state index contributed by atoms with van der Waals surface area (Å²) in [6.45, 7) is 0. The van der Waals surface area contributed by atoms with Crippen molar-refractivity contribution in [2.75, 3.05) is 10.5 Å². The lowest BCUT2D eigenvalue weighted by molar-refractivity contribution is -0.393. The van der Waals surface area contributed by atoms with Crippen molar-refractivity contribution in [2.45, 2.75) is 0 Å². The normalized spacial score (nSPS) is 10.0. The van der Waals surface area contributed by atoms with Gasteiger partial charge in [-0.05, 0) is 18.2 Å².